The molecule has 0 bridgehead atoms. The highest BCUT2D eigenvalue weighted by Gasteiger charge is 2.33. The number of benzene rings is 1. The lowest BCUT2D eigenvalue weighted by atomic mass is 10.2. The maximum absolute atomic E-state index is 13.3. The van der Waals surface area contributed by atoms with Crippen LogP contribution in [0, 0.1) is 12.7 Å². The van der Waals surface area contributed by atoms with Gasteiger partial charge in [-0.2, -0.15) is 0 Å². The first-order valence-electron chi connectivity index (χ1n) is 6.85. The molecule has 1 amide bonds. The Balaban J connectivity index is 1.85. The van der Waals surface area contributed by atoms with Crippen molar-refractivity contribution in [2.75, 3.05) is 13.2 Å². The van der Waals surface area contributed by atoms with Crippen LogP contribution in [-0.2, 0) is 11.3 Å². The van der Waals surface area contributed by atoms with Crippen LogP contribution < -0.4 is 0 Å². The molecule has 1 aromatic carbocycles. The zero-order chi connectivity index (χ0) is 15.7. The first-order valence-corrected chi connectivity index (χ1v) is 6.85. The summed E-state index contributed by atoms with van der Waals surface area (Å²) in [5, 5.41) is 9.26. The Morgan fingerprint density at radius 2 is 2.32 bits per heavy atom. The number of aryl methyl sites for hydroxylation is 1. The lowest BCUT2D eigenvalue weighted by Crippen LogP contribution is -2.35. The topological polar surface area (TPSA) is 75.8 Å². The molecule has 0 aliphatic carbocycles. The average molecular weight is 306 g/mol. The van der Waals surface area contributed by atoms with Gasteiger partial charge >= 0.3 is 6.09 Å². The zero-order valence-electron chi connectivity index (χ0n) is 12.0. The number of amides is 1. The molecule has 0 saturated carbocycles. The van der Waals surface area contributed by atoms with Crippen molar-refractivity contribution >= 4 is 6.09 Å². The van der Waals surface area contributed by atoms with Gasteiger partial charge in [0.1, 0.15) is 23.9 Å². The highest BCUT2D eigenvalue weighted by molar-refractivity contribution is 5.70. The van der Waals surface area contributed by atoms with E-state index in [9.17, 15) is 14.3 Å². The van der Waals surface area contributed by atoms with Crippen LogP contribution in [0.5, 0.6) is 0 Å². The number of cyclic esters (lactones) is 1. The summed E-state index contributed by atoms with van der Waals surface area (Å²) in [5.74, 6) is 0.453. The molecule has 1 aliphatic heterocycles. The number of aromatic nitrogens is 1. The van der Waals surface area contributed by atoms with Crippen LogP contribution in [0.4, 0.5) is 9.18 Å². The highest BCUT2D eigenvalue weighted by atomic mass is 19.1. The number of oxazole rings is 1. The standard InChI is InChI=1S/C15H15FN2O4/c1-9-13(6-18-12(7-19)8-21-15(18)20)17-14(22-9)10-3-2-4-11(16)5-10/h2-5,12,19H,6-8H2,1H3. The fourth-order valence-corrected chi connectivity index (χ4v) is 2.32. The largest absolute Gasteiger partial charge is 0.447 e. The van der Waals surface area contributed by atoms with Crippen LogP contribution in [0.25, 0.3) is 11.5 Å². The monoisotopic (exact) mass is 306 g/mol. The van der Waals surface area contributed by atoms with Crippen molar-refractivity contribution in [2.45, 2.75) is 19.5 Å². The number of carbonyl (C=O) groups excluding carboxylic acids is 1. The summed E-state index contributed by atoms with van der Waals surface area (Å²) in [5.41, 5.74) is 1.08. The molecule has 116 valence electrons. The Labute approximate surface area is 126 Å². The zero-order valence-corrected chi connectivity index (χ0v) is 12.0. The lowest BCUT2D eigenvalue weighted by Gasteiger charge is -2.18. The Morgan fingerprint density at radius 1 is 1.50 bits per heavy atom. The van der Waals surface area contributed by atoms with Crippen LogP contribution in [0.1, 0.15) is 11.5 Å². The molecule has 1 N–H and O–H groups in total. The fraction of sp³-hybridized carbons (Fsp3) is 0.333. The fourth-order valence-electron chi connectivity index (χ4n) is 2.32. The third-order valence-corrected chi connectivity index (χ3v) is 3.57. The molecule has 1 aliphatic rings. The predicted octanol–water partition coefficient (Wildman–Crippen LogP) is 2.10. The molecule has 6 nitrogen and oxygen atoms in total. The predicted molar refractivity (Wildman–Crippen MR) is 74.4 cm³/mol. The number of ether oxygens (including phenoxy) is 1. The number of aliphatic hydroxyl groups excluding tert-OH is 1. The third kappa shape index (κ3) is 2.67. The van der Waals surface area contributed by atoms with E-state index in [0.29, 0.717) is 22.9 Å². The van der Waals surface area contributed by atoms with Crippen LogP contribution >= 0.6 is 0 Å². The van der Waals surface area contributed by atoms with E-state index in [0.717, 1.165) is 0 Å². The second-order valence-corrected chi connectivity index (χ2v) is 5.07. The molecule has 0 radical (unpaired) electrons. The van der Waals surface area contributed by atoms with E-state index >= 15 is 0 Å². The molecule has 1 saturated heterocycles. The second kappa shape index (κ2) is 5.76. The molecule has 3 rings (SSSR count). The van der Waals surface area contributed by atoms with Crippen molar-refractivity contribution in [3.63, 3.8) is 0 Å². The van der Waals surface area contributed by atoms with Crippen LogP contribution in [0.2, 0.25) is 0 Å². The highest BCUT2D eigenvalue weighted by Crippen LogP contribution is 2.24. The van der Waals surface area contributed by atoms with E-state index in [-0.39, 0.29) is 31.6 Å². The van der Waals surface area contributed by atoms with Crippen LogP contribution in [-0.4, -0.2) is 40.3 Å². The van der Waals surface area contributed by atoms with Crippen molar-refractivity contribution < 1.29 is 23.4 Å². The quantitative estimate of drug-likeness (QED) is 0.936. The van der Waals surface area contributed by atoms with Gasteiger partial charge in [-0.1, -0.05) is 6.07 Å². The van der Waals surface area contributed by atoms with Crippen molar-refractivity contribution in [1.29, 1.82) is 0 Å². The minimum absolute atomic E-state index is 0.156. The number of carbonyl (C=O) groups is 1. The summed E-state index contributed by atoms with van der Waals surface area (Å²) >= 11 is 0. The number of nitrogens with zero attached hydrogens (tertiary/aromatic N) is 2. The van der Waals surface area contributed by atoms with Gasteiger partial charge in [0.2, 0.25) is 5.89 Å². The van der Waals surface area contributed by atoms with Gasteiger partial charge in [0, 0.05) is 5.56 Å². The molecule has 1 unspecified atom stereocenters. The minimum Gasteiger partial charge on any atom is -0.447 e. The second-order valence-electron chi connectivity index (χ2n) is 5.07. The average Bonchev–Trinajstić information content (AvgIpc) is 3.04. The van der Waals surface area contributed by atoms with Crippen LogP contribution in [0.3, 0.4) is 0 Å². The molecule has 1 aromatic heterocycles. The minimum atomic E-state index is -0.492. The van der Waals surface area contributed by atoms with E-state index in [1.54, 1.807) is 19.1 Å². The number of aliphatic hydroxyl groups is 1. The van der Waals surface area contributed by atoms with Crippen LogP contribution in [0.15, 0.2) is 28.7 Å². The molecule has 7 heteroatoms. The summed E-state index contributed by atoms with van der Waals surface area (Å²) in [6.07, 6.45) is -0.492. The Kier molecular flexibility index (Phi) is 3.81. The summed E-state index contributed by atoms with van der Waals surface area (Å²) in [4.78, 5) is 17.4. The van der Waals surface area contributed by atoms with Gasteiger partial charge in [-0.3, -0.25) is 4.90 Å². The van der Waals surface area contributed by atoms with Crippen molar-refractivity contribution in [2.24, 2.45) is 0 Å². The molecule has 2 aromatic rings. The Bertz CT molecular complexity index is 701. The van der Waals surface area contributed by atoms with Gasteiger partial charge in [-0.25, -0.2) is 14.2 Å². The Morgan fingerprint density at radius 3 is 3.05 bits per heavy atom. The number of hydrogen-bond donors (Lipinski definition) is 1. The summed E-state index contributed by atoms with van der Waals surface area (Å²) in [6, 6.07) is 5.55. The summed E-state index contributed by atoms with van der Waals surface area (Å²) in [7, 11) is 0. The number of rotatable bonds is 4. The smallest absolute Gasteiger partial charge is 0.410 e. The lowest BCUT2D eigenvalue weighted by molar-refractivity contribution is 0.150. The first kappa shape index (κ1) is 14.5. The maximum atomic E-state index is 13.3. The van der Waals surface area contributed by atoms with Gasteiger partial charge < -0.3 is 14.3 Å². The number of halogens is 1. The van der Waals surface area contributed by atoms with Crippen molar-refractivity contribution in [1.82, 2.24) is 9.88 Å². The molecular formula is C15H15FN2O4. The van der Waals surface area contributed by atoms with Gasteiger partial charge in [0.05, 0.1) is 19.2 Å². The molecule has 0 spiro atoms. The van der Waals surface area contributed by atoms with Gasteiger partial charge in [0.15, 0.2) is 0 Å². The third-order valence-electron chi connectivity index (χ3n) is 3.57. The van der Waals surface area contributed by atoms with E-state index in [2.05, 4.69) is 4.98 Å². The first-order chi connectivity index (χ1) is 10.6. The SMILES string of the molecule is Cc1oc(-c2cccc(F)c2)nc1CN1C(=O)OCC1CO. The van der Waals surface area contributed by atoms with E-state index in [4.69, 9.17) is 9.15 Å². The maximum Gasteiger partial charge on any atom is 0.410 e. The molecule has 1 atom stereocenters. The number of hydrogen-bond acceptors (Lipinski definition) is 5. The van der Waals surface area contributed by atoms with Crippen molar-refractivity contribution in [3.8, 4) is 11.5 Å². The van der Waals surface area contributed by atoms with E-state index in [1.807, 2.05) is 0 Å². The molecule has 22 heavy (non-hydrogen) atoms. The van der Waals surface area contributed by atoms with E-state index in [1.165, 1.54) is 17.0 Å². The van der Waals surface area contributed by atoms with Crippen molar-refractivity contribution in [3.05, 3.63) is 41.5 Å². The summed E-state index contributed by atoms with van der Waals surface area (Å²) in [6.45, 7) is 1.87. The molecule has 1 fully saturated rings. The van der Waals surface area contributed by atoms with E-state index < -0.39 is 6.09 Å². The molecular weight excluding hydrogens is 291 g/mol. The van der Waals surface area contributed by atoms with Gasteiger partial charge in [0.25, 0.3) is 0 Å². The Hall–Kier alpha value is -2.41. The summed E-state index contributed by atoms with van der Waals surface area (Å²) < 4.78 is 23.7. The van der Waals surface area contributed by atoms with Gasteiger partial charge in [-0.05, 0) is 25.1 Å². The molecule has 2 heterocycles. The van der Waals surface area contributed by atoms with Gasteiger partial charge in [-0.15, -0.1) is 0 Å². The normalized spacial score (nSPS) is 17.9.